The van der Waals surface area contributed by atoms with Crippen LogP contribution >= 0.6 is 0 Å². The topological polar surface area (TPSA) is 118 Å². The lowest BCUT2D eigenvalue weighted by atomic mass is 9.95. The zero-order valence-electron chi connectivity index (χ0n) is 15.1. The second-order valence-electron chi connectivity index (χ2n) is 6.41. The monoisotopic (exact) mass is 374 g/mol. The highest BCUT2D eigenvalue weighted by atomic mass is 16.5. The van der Waals surface area contributed by atoms with Crippen molar-refractivity contribution in [2.75, 3.05) is 19.7 Å². The van der Waals surface area contributed by atoms with Crippen LogP contribution in [-0.2, 0) is 11.3 Å². The van der Waals surface area contributed by atoms with E-state index in [1.807, 2.05) is 6.92 Å². The van der Waals surface area contributed by atoms with Gasteiger partial charge in [-0.15, -0.1) is 0 Å². The van der Waals surface area contributed by atoms with Crippen LogP contribution in [0.2, 0.25) is 0 Å². The van der Waals surface area contributed by atoms with Crippen LogP contribution in [0.1, 0.15) is 41.9 Å². The molecular weight excluding hydrogens is 352 g/mol. The number of carboxylic acid groups (broad SMARTS) is 1. The number of aromatic nitrogens is 3. The third-order valence-electron chi connectivity index (χ3n) is 4.69. The molecule has 27 heavy (non-hydrogen) atoms. The summed E-state index contributed by atoms with van der Waals surface area (Å²) in [7, 11) is 0. The molecule has 3 rings (SSSR count). The molecule has 1 aliphatic rings. The molecule has 0 atom stereocenters. The number of aliphatic carboxylic acids is 1. The molecular formula is C18H22N4O5. The average Bonchev–Trinajstić information content (AvgIpc) is 3.06. The Morgan fingerprint density at radius 1 is 1.33 bits per heavy atom. The Hall–Kier alpha value is -3.10. The highest BCUT2D eigenvalue weighted by molar-refractivity contribution is 5.94. The number of piperidine rings is 1. The van der Waals surface area contributed by atoms with Gasteiger partial charge in [-0.3, -0.25) is 9.36 Å². The summed E-state index contributed by atoms with van der Waals surface area (Å²) in [6.45, 7) is 3.14. The SMILES string of the molecule is CCn1c(C2CCN(C(=O)c3cccc(OCC(=O)O)c3)CC2)n[nH]c1=O. The molecule has 2 N–H and O–H groups in total. The van der Waals surface area contributed by atoms with E-state index in [4.69, 9.17) is 9.84 Å². The summed E-state index contributed by atoms with van der Waals surface area (Å²) in [5.74, 6) is 0.0420. The second-order valence-corrected chi connectivity index (χ2v) is 6.41. The normalized spacial score (nSPS) is 14.9. The average molecular weight is 374 g/mol. The van der Waals surface area contributed by atoms with Crippen molar-refractivity contribution in [3.8, 4) is 5.75 Å². The molecule has 1 fully saturated rings. The number of hydrogen-bond donors (Lipinski definition) is 2. The number of aromatic amines is 1. The lowest BCUT2D eigenvalue weighted by Crippen LogP contribution is -2.38. The number of hydrogen-bond acceptors (Lipinski definition) is 5. The van der Waals surface area contributed by atoms with Crippen LogP contribution in [0.3, 0.4) is 0 Å². The van der Waals surface area contributed by atoms with Crippen molar-refractivity contribution in [1.82, 2.24) is 19.7 Å². The van der Waals surface area contributed by atoms with E-state index in [-0.39, 0.29) is 17.5 Å². The van der Waals surface area contributed by atoms with Crippen molar-refractivity contribution in [2.24, 2.45) is 0 Å². The smallest absolute Gasteiger partial charge is 0.343 e. The Balaban J connectivity index is 1.64. The molecule has 0 unspecified atom stereocenters. The summed E-state index contributed by atoms with van der Waals surface area (Å²) < 4.78 is 6.76. The number of carbonyl (C=O) groups is 2. The number of ether oxygens (including phenoxy) is 1. The first kappa shape index (κ1) is 18.7. The number of carboxylic acids is 1. The van der Waals surface area contributed by atoms with Gasteiger partial charge in [-0.25, -0.2) is 14.7 Å². The largest absolute Gasteiger partial charge is 0.482 e. The van der Waals surface area contributed by atoms with Gasteiger partial charge in [-0.1, -0.05) is 6.07 Å². The van der Waals surface area contributed by atoms with Gasteiger partial charge < -0.3 is 14.7 Å². The summed E-state index contributed by atoms with van der Waals surface area (Å²) in [6, 6.07) is 6.53. The zero-order chi connectivity index (χ0) is 19.4. The second kappa shape index (κ2) is 8.07. The zero-order valence-corrected chi connectivity index (χ0v) is 15.1. The summed E-state index contributed by atoms with van der Waals surface area (Å²) in [5, 5.41) is 15.3. The number of benzene rings is 1. The molecule has 1 aliphatic heterocycles. The molecule has 0 spiro atoms. The maximum atomic E-state index is 12.7. The Morgan fingerprint density at radius 2 is 2.07 bits per heavy atom. The van der Waals surface area contributed by atoms with E-state index in [9.17, 15) is 14.4 Å². The van der Waals surface area contributed by atoms with Crippen LogP contribution in [0.4, 0.5) is 0 Å². The van der Waals surface area contributed by atoms with Crippen LogP contribution in [-0.4, -0.2) is 56.3 Å². The molecule has 144 valence electrons. The summed E-state index contributed by atoms with van der Waals surface area (Å²) in [5.41, 5.74) is 0.255. The van der Waals surface area contributed by atoms with E-state index < -0.39 is 12.6 Å². The summed E-state index contributed by atoms with van der Waals surface area (Å²) in [4.78, 5) is 36.8. The minimum Gasteiger partial charge on any atom is -0.482 e. The Morgan fingerprint density at radius 3 is 2.74 bits per heavy atom. The lowest BCUT2D eigenvalue weighted by Gasteiger charge is -2.31. The van der Waals surface area contributed by atoms with Crippen molar-refractivity contribution in [2.45, 2.75) is 32.2 Å². The molecule has 0 bridgehead atoms. The van der Waals surface area contributed by atoms with Gasteiger partial charge in [0.25, 0.3) is 5.91 Å². The van der Waals surface area contributed by atoms with E-state index in [2.05, 4.69) is 10.2 Å². The Kier molecular flexibility index (Phi) is 5.58. The quantitative estimate of drug-likeness (QED) is 0.781. The molecule has 9 nitrogen and oxygen atoms in total. The molecule has 2 heterocycles. The van der Waals surface area contributed by atoms with E-state index in [1.165, 1.54) is 0 Å². The predicted molar refractivity (Wildman–Crippen MR) is 96.0 cm³/mol. The molecule has 1 amide bonds. The number of nitrogens with zero attached hydrogens (tertiary/aromatic N) is 3. The lowest BCUT2D eigenvalue weighted by molar-refractivity contribution is -0.139. The predicted octanol–water partition coefficient (Wildman–Crippen LogP) is 1.07. The van der Waals surface area contributed by atoms with Gasteiger partial charge in [0.15, 0.2) is 6.61 Å². The molecule has 1 aromatic heterocycles. The van der Waals surface area contributed by atoms with Crippen LogP contribution < -0.4 is 10.4 Å². The number of rotatable bonds is 6. The van der Waals surface area contributed by atoms with Gasteiger partial charge in [-0.2, -0.15) is 5.10 Å². The number of amides is 1. The van der Waals surface area contributed by atoms with E-state index in [1.54, 1.807) is 33.7 Å². The molecule has 0 aliphatic carbocycles. The van der Waals surface area contributed by atoms with E-state index in [0.29, 0.717) is 30.9 Å². The fourth-order valence-electron chi connectivity index (χ4n) is 3.33. The highest BCUT2D eigenvalue weighted by Gasteiger charge is 2.28. The number of likely N-dealkylation sites (tertiary alicyclic amines) is 1. The fraction of sp³-hybridized carbons (Fsp3) is 0.444. The standard InChI is InChI=1S/C18H22N4O5/c1-2-22-16(19-20-18(22)26)12-6-8-21(9-7-12)17(25)13-4-3-5-14(10-13)27-11-15(23)24/h3-5,10,12H,2,6-9,11H2,1H3,(H,20,26)(H,23,24). The molecule has 0 saturated carbocycles. The van der Waals surface area contributed by atoms with Gasteiger partial charge in [0, 0.05) is 31.1 Å². The summed E-state index contributed by atoms with van der Waals surface area (Å²) in [6.07, 6.45) is 1.45. The van der Waals surface area contributed by atoms with Crippen LogP contribution in [0.5, 0.6) is 5.75 Å². The van der Waals surface area contributed by atoms with Gasteiger partial charge in [-0.05, 0) is 38.0 Å². The molecule has 1 aromatic carbocycles. The van der Waals surface area contributed by atoms with Gasteiger partial charge in [0.1, 0.15) is 11.6 Å². The Labute approximate surface area is 155 Å². The number of carbonyl (C=O) groups excluding carboxylic acids is 1. The first-order valence-electron chi connectivity index (χ1n) is 8.88. The van der Waals surface area contributed by atoms with Gasteiger partial charge in [0.05, 0.1) is 0 Å². The van der Waals surface area contributed by atoms with Crippen molar-refractivity contribution in [3.05, 3.63) is 46.1 Å². The van der Waals surface area contributed by atoms with E-state index in [0.717, 1.165) is 18.7 Å². The van der Waals surface area contributed by atoms with Gasteiger partial charge in [0.2, 0.25) is 0 Å². The van der Waals surface area contributed by atoms with Crippen molar-refractivity contribution in [3.63, 3.8) is 0 Å². The number of nitrogens with one attached hydrogen (secondary N) is 1. The Bertz CT molecular complexity index is 880. The third-order valence-corrected chi connectivity index (χ3v) is 4.69. The van der Waals surface area contributed by atoms with Crippen LogP contribution in [0, 0.1) is 0 Å². The van der Waals surface area contributed by atoms with Crippen LogP contribution in [0.15, 0.2) is 29.1 Å². The maximum Gasteiger partial charge on any atom is 0.343 e. The first-order valence-corrected chi connectivity index (χ1v) is 8.88. The maximum absolute atomic E-state index is 12.7. The molecule has 0 radical (unpaired) electrons. The molecule has 1 saturated heterocycles. The van der Waals surface area contributed by atoms with Crippen molar-refractivity contribution < 1.29 is 19.4 Å². The fourth-order valence-corrected chi connectivity index (χ4v) is 3.33. The van der Waals surface area contributed by atoms with E-state index >= 15 is 0 Å². The first-order chi connectivity index (χ1) is 13.0. The summed E-state index contributed by atoms with van der Waals surface area (Å²) >= 11 is 0. The van der Waals surface area contributed by atoms with Crippen molar-refractivity contribution in [1.29, 1.82) is 0 Å². The van der Waals surface area contributed by atoms with Crippen molar-refractivity contribution >= 4 is 11.9 Å². The third kappa shape index (κ3) is 4.18. The van der Waals surface area contributed by atoms with Crippen LogP contribution in [0.25, 0.3) is 0 Å². The molecule has 2 aromatic rings. The highest BCUT2D eigenvalue weighted by Crippen LogP contribution is 2.27. The minimum atomic E-state index is -1.07. The number of H-pyrrole nitrogens is 1. The minimum absolute atomic E-state index is 0.121. The molecule has 9 heteroatoms. The van der Waals surface area contributed by atoms with Gasteiger partial charge >= 0.3 is 11.7 Å².